The molecule has 0 atom stereocenters. The number of aliphatic hydroxyl groups is 1. The second kappa shape index (κ2) is 9.54. The molecule has 0 bridgehead atoms. The van der Waals surface area contributed by atoms with Crippen molar-refractivity contribution in [3.8, 4) is 5.75 Å². The molecular formula is C25H29NO4S. The standard InChI is InChI=1S/C25H29NO4S/c1-18-14-19(2)25(20(3)15-18)31(29,30)26(17-22-6-4-8-24(28)16-22)23-11-9-21(10-12-23)7-5-13-27/h4,6,8-12,14-16,27-28H,5,7,13,17H2,1-3H3. The first-order valence-corrected chi connectivity index (χ1v) is 11.7. The molecule has 0 aromatic heterocycles. The van der Waals surface area contributed by atoms with Crippen LogP contribution in [0.5, 0.6) is 5.75 Å². The Hall–Kier alpha value is -2.83. The minimum atomic E-state index is -3.86. The number of nitrogens with zero attached hydrogens (tertiary/aromatic N) is 1. The first-order chi connectivity index (χ1) is 14.7. The number of aryl methyl sites for hydroxylation is 4. The minimum absolute atomic E-state index is 0.0943. The molecule has 0 saturated heterocycles. The largest absolute Gasteiger partial charge is 0.508 e. The molecule has 6 heteroatoms. The van der Waals surface area contributed by atoms with Gasteiger partial charge in [0.05, 0.1) is 17.1 Å². The van der Waals surface area contributed by atoms with Gasteiger partial charge in [0.25, 0.3) is 10.0 Å². The summed E-state index contributed by atoms with van der Waals surface area (Å²) in [5, 5.41) is 18.9. The van der Waals surface area contributed by atoms with E-state index in [0.717, 1.165) is 17.5 Å². The van der Waals surface area contributed by atoms with E-state index in [2.05, 4.69) is 0 Å². The zero-order valence-electron chi connectivity index (χ0n) is 18.2. The summed E-state index contributed by atoms with van der Waals surface area (Å²) in [6, 6.07) is 17.8. The molecule has 0 saturated carbocycles. The summed E-state index contributed by atoms with van der Waals surface area (Å²) in [6.45, 7) is 5.80. The maximum atomic E-state index is 13.9. The van der Waals surface area contributed by atoms with Gasteiger partial charge in [0.15, 0.2) is 0 Å². The van der Waals surface area contributed by atoms with Gasteiger partial charge in [-0.2, -0.15) is 0 Å². The van der Waals surface area contributed by atoms with Crippen molar-refractivity contribution < 1.29 is 18.6 Å². The van der Waals surface area contributed by atoms with Crippen LogP contribution in [0.15, 0.2) is 65.6 Å². The van der Waals surface area contributed by atoms with E-state index < -0.39 is 10.0 Å². The fraction of sp³-hybridized carbons (Fsp3) is 0.280. The van der Waals surface area contributed by atoms with Gasteiger partial charge in [0, 0.05) is 6.61 Å². The van der Waals surface area contributed by atoms with Gasteiger partial charge in [-0.05, 0) is 80.1 Å². The van der Waals surface area contributed by atoms with Gasteiger partial charge in [-0.3, -0.25) is 4.31 Å². The molecule has 0 aliphatic carbocycles. The van der Waals surface area contributed by atoms with Crippen LogP contribution in [0.4, 0.5) is 5.69 Å². The second-order valence-electron chi connectivity index (χ2n) is 7.90. The Morgan fingerprint density at radius 1 is 0.871 bits per heavy atom. The quantitative estimate of drug-likeness (QED) is 0.536. The first-order valence-electron chi connectivity index (χ1n) is 10.3. The van der Waals surface area contributed by atoms with E-state index in [1.54, 1.807) is 36.4 Å². The molecule has 3 aromatic carbocycles. The second-order valence-corrected chi connectivity index (χ2v) is 9.70. The number of hydrogen-bond donors (Lipinski definition) is 2. The van der Waals surface area contributed by atoms with Crippen LogP contribution in [0.1, 0.15) is 34.2 Å². The minimum Gasteiger partial charge on any atom is -0.508 e. The van der Waals surface area contributed by atoms with E-state index in [1.807, 2.05) is 45.0 Å². The van der Waals surface area contributed by atoms with Gasteiger partial charge in [-0.25, -0.2) is 8.42 Å². The van der Waals surface area contributed by atoms with Crippen LogP contribution in [0.2, 0.25) is 0 Å². The van der Waals surface area contributed by atoms with E-state index in [0.29, 0.717) is 33.7 Å². The Bertz CT molecular complexity index is 1130. The molecule has 0 unspecified atom stereocenters. The molecule has 0 spiro atoms. The van der Waals surface area contributed by atoms with Crippen molar-refractivity contribution in [1.82, 2.24) is 0 Å². The summed E-state index contributed by atoms with van der Waals surface area (Å²) in [5.74, 6) is 0.0943. The molecule has 0 amide bonds. The Balaban J connectivity index is 2.09. The van der Waals surface area contributed by atoms with Crippen LogP contribution in [-0.2, 0) is 23.0 Å². The normalized spacial score (nSPS) is 11.5. The highest BCUT2D eigenvalue weighted by atomic mass is 32.2. The lowest BCUT2D eigenvalue weighted by atomic mass is 10.1. The molecule has 31 heavy (non-hydrogen) atoms. The predicted octanol–water partition coefficient (Wildman–Crippen LogP) is 4.64. The highest BCUT2D eigenvalue weighted by Crippen LogP contribution is 2.31. The number of phenolic OH excluding ortho intramolecular Hbond substituents is 1. The lowest BCUT2D eigenvalue weighted by molar-refractivity contribution is 0.288. The van der Waals surface area contributed by atoms with Crippen molar-refractivity contribution in [3.63, 3.8) is 0 Å². The van der Waals surface area contributed by atoms with Crippen LogP contribution < -0.4 is 4.31 Å². The van der Waals surface area contributed by atoms with Crippen LogP contribution in [-0.4, -0.2) is 25.2 Å². The Kier molecular flexibility index (Phi) is 7.03. The van der Waals surface area contributed by atoms with Gasteiger partial charge < -0.3 is 10.2 Å². The van der Waals surface area contributed by atoms with Crippen molar-refractivity contribution in [1.29, 1.82) is 0 Å². The van der Waals surface area contributed by atoms with E-state index in [-0.39, 0.29) is 18.9 Å². The van der Waals surface area contributed by atoms with Crippen LogP contribution in [0.25, 0.3) is 0 Å². The van der Waals surface area contributed by atoms with Crippen molar-refractivity contribution in [2.24, 2.45) is 0 Å². The fourth-order valence-electron chi connectivity index (χ4n) is 3.93. The molecule has 164 valence electrons. The predicted molar refractivity (Wildman–Crippen MR) is 124 cm³/mol. The molecular weight excluding hydrogens is 410 g/mol. The Labute approximate surface area is 184 Å². The SMILES string of the molecule is Cc1cc(C)c(S(=O)(=O)N(Cc2cccc(O)c2)c2ccc(CCCO)cc2)c(C)c1. The van der Waals surface area contributed by atoms with E-state index >= 15 is 0 Å². The number of phenols is 1. The topological polar surface area (TPSA) is 77.8 Å². The first kappa shape index (κ1) is 22.8. The number of anilines is 1. The number of rotatable bonds is 8. The van der Waals surface area contributed by atoms with Crippen molar-refractivity contribution in [2.75, 3.05) is 10.9 Å². The van der Waals surface area contributed by atoms with Crippen LogP contribution >= 0.6 is 0 Å². The van der Waals surface area contributed by atoms with Gasteiger partial charge >= 0.3 is 0 Å². The monoisotopic (exact) mass is 439 g/mol. The fourth-order valence-corrected chi connectivity index (χ4v) is 5.80. The Morgan fingerprint density at radius 2 is 1.52 bits per heavy atom. The summed E-state index contributed by atoms with van der Waals surface area (Å²) in [6.07, 6.45) is 1.39. The highest BCUT2D eigenvalue weighted by Gasteiger charge is 2.28. The summed E-state index contributed by atoms with van der Waals surface area (Å²) in [7, 11) is -3.86. The summed E-state index contributed by atoms with van der Waals surface area (Å²) in [4.78, 5) is 0.308. The van der Waals surface area contributed by atoms with Crippen molar-refractivity contribution in [2.45, 2.75) is 45.1 Å². The molecule has 3 aromatic rings. The molecule has 0 aliphatic rings. The lowest BCUT2D eigenvalue weighted by Gasteiger charge is -2.27. The maximum Gasteiger partial charge on any atom is 0.265 e. The maximum absolute atomic E-state index is 13.9. The number of sulfonamides is 1. The molecule has 5 nitrogen and oxygen atoms in total. The third kappa shape index (κ3) is 5.27. The van der Waals surface area contributed by atoms with Gasteiger partial charge in [0.2, 0.25) is 0 Å². The molecule has 0 radical (unpaired) electrons. The third-order valence-electron chi connectivity index (χ3n) is 5.24. The van der Waals surface area contributed by atoms with Crippen LogP contribution in [0.3, 0.4) is 0 Å². The van der Waals surface area contributed by atoms with E-state index in [9.17, 15) is 13.5 Å². The molecule has 2 N–H and O–H groups in total. The van der Waals surface area contributed by atoms with E-state index in [4.69, 9.17) is 5.11 Å². The van der Waals surface area contributed by atoms with Crippen molar-refractivity contribution in [3.05, 3.63) is 88.5 Å². The van der Waals surface area contributed by atoms with Crippen LogP contribution in [0, 0.1) is 20.8 Å². The summed E-state index contributed by atoms with van der Waals surface area (Å²) >= 11 is 0. The summed E-state index contributed by atoms with van der Waals surface area (Å²) < 4.78 is 29.1. The number of hydrogen-bond acceptors (Lipinski definition) is 4. The smallest absolute Gasteiger partial charge is 0.265 e. The average Bonchev–Trinajstić information content (AvgIpc) is 2.70. The zero-order chi connectivity index (χ0) is 22.6. The number of aliphatic hydroxyl groups excluding tert-OH is 1. The number of aromatic hydroxyl groups is 1. The highest BCUT2D eigenvalue weighted by molar-refractivity contribution is 7.92. The number of benzene rings is 3. The van der Waals surface area contributed by atoms with Crippen molar-refractivity contribution >= 4 is 15.7 Å². The lowest BCUT2D eigenvalue weighted by Crippen LogP contribution is -2.31. The third-order valence-corrected chi connectivity index (χ3v) is 7.32. The molecule has 0 heterocycles. The van der Waals surface area contributed by atoms with Gasteiger partial charge in [-0.15, -0.1) is 0 Å². The van der Waals surface area contributed by atoms with E-state index in [1.165, 1.54) is 4.31 Å². The molecule has 0 aliphatic heterocycles. The summed E-state index contributed by atoms with van der Waals surface area (Å²) in [5.41, 5.74) is 4.71. The van der Waals surface area contributed by atoms with Gasteiger partial charge in [-0.1, -0.05) is 42.0 Å². The van der Waals surface area contributed by atoms with Gasteiger partial charge in [0.1, 0.15) is 5.75 Å². The molecule has 0 fully saturated rings. The Morgan fingerprint density at radius 3 is 2.10 bits per heavy atom. The molecule has 3 rings (SSSR count). The zero-order valence-corrected chi connectivity index (χ0v) is 19.0. The average molecular weight is 440 g/mol.